The maximum absolute atomic E-state index is 12.5. The Kier molecular flexibility index (Phi) is 4.55. The molecule has 0 radical (unpaired) electrons. The van der Waals surface area contributed by atoms with E-state index >= 15 is 0 Å². The first kappa shape index (κ1) is 15.5. The first-order valence-corrected chi connectivity index (χ1v) is 8.10. The van der Waals surface area contributed by atoms with Crippen LogP contribution in [0.25, 0.3) is 0 Å². The van der Waals surface area contributed by atoms with Gasteiger partial charge in [0.2, 0.25) is 0 Å². The van der Waals surface area contributed by atoms with Gasteiger partial charge >= 0.3 is 0 Å². The highest BCUT2D eigenvalue weighted by Crippen LogP contribution is 2.19. The van der Waals surface area contributed by atoms with Crippen molar-refractivity contribution in [3.63, 3.8) is 0 Å². The number of anilines is 2. The minimum Gasteiger partial charge on any atom is -0.356 e. The fraction of sp³-hybridized carbons (Fsp3) is 0.389. The summed E-state index contributed by atoms with van der Waals surface area (Å²) in [5.74, 6) is 1.28. The molecule has 5 nitrogen and oxygen atoms in total. The van der Waals surface area contributed by atoms with E-state index < -0.39 is 0 Å². The number of piperidine rings is 1. The minimum absolute atomic E-state index is 0.197. The molecule has 1 aromatic carbocycles. The summed E-state index contributed by atoms with van der Waals surface area (Å²) >= 11 is 0. The molecule has 1 N–H and O–H groups in total. The van der Waals surface area contributed by atoms with Gasteiger partial charge in [0.1, 0.15) is 17.3 Å². The van der Waals surface area contributed by atoms with Crippen LogP contribution in [0.1, 0.15) is 41.1 Å². The molecule has 0 atom stereocenters. The molecule has 1 saturated heterocycles. The summed E-state index contributed by atoms with van der Waals surface area (Å²) in [5.41, 5.74) is 2.35. The maximum Gasteiger partial charge on any atom is 0.274 e. The summed E-state index contributed by atoms with van der Waals surface area (Å²) in [6.07, 6.45) is 3.61. The summed E-state index contributed by atoms with van der Waals surface area (Å²) in [6, 6.07) is 9.53. The first-order valence-electron chi connectivity index (χ1n) is 8.10. The van der Waals surface area contributed by atoms with Crippen LogP contribution in [0.3, 0.4) is 0 Å². The quantitative estimate of drug-likeness (QED) is 0.944. The lowest BCUT2D eigenvalue weighted by atomic mass is 10.1. The van der Waals surface area contributed by atoms with Crippen LogP contribution in [-0.2, 0) is 0 Å². The summed E-state index contributed by atoms with van der Waals surface area (Å²) < 4.78 is 0. The average Bonchev–Trinajstić information content (AvgIpc) is 2.57. The zero-order chi connectivity index (χ0) is 16.2. The Balaban J connectivity index is 1.79. The van der Waals surface area contributed by atoms with E-state index in [1.165, 1.54) is 19.3 Å². The second kappa shape index (κ2) is 6.77. The summed E-state index contributed by atoms with van der Waals surface area (Å²) in [7, 11) is 0. The van der Waals surface area contributed by atoms with E-state index in [2.05, 4.69) is 20.2 Å². The van der Waals surface area contributed by atoms with Crippen molar-refractivity contribution in [2.75, 3.05) is 23.3 Å². The standard InChI is InChI=1S/C18H22N4O/c1-13-6-8-15(9-7-13)21-18(23)16-12-17(20-14(2)19-16)22-10-4-3-5-11-22/h6-9,12H,3-5,10-11H2,1-2H3,(H,21,23). The van der Waals surface area contributed by atoms with E-state index in [1.807, 2.05) is 38.1 Å². The van der Waals surface area contributed by atoms with Crippen LogP contribution in [0, 0.1) is 13.8 Å². The number of carbonyl (C=O) groups excluding carboxylic acids is 1. The van der Waals surface area contributed by atoms with Gasteiger partial charge < -0.3 is 10.2 Å². The van der Waals surface area contributed by atoms with Gasteiger partial charge in [-0.05, 0) is 45.2 Å². The molecule has 1 amide bonds. The number of amides is 1. The molecule has 1 aliphatic heterocycles. The zero-order valence-electron chi connectivity index (χ0n) is 13.7. The number of carbonyl (C=O) groups is 1. The maximum atomic E-state index is 12.5. The molecule has 0 bridgehead atoms. The minimum atomic E-state index is -0.197. The molecule has 0 saturated carbocycles. The number of aryl methyl sites for hydroxylation is 2. The molecule has 2 aromatic rings. The summed E-state index contributed by atoms with van der Waals surface area (Å²) in [6.45, 7) is 5.84. The van der Waals surface area contributed by atoms with Crippen molar-refractivity contribution in [3.8, 4) is 0 Å². The van der Waals surface area contributed by atoms with Gasteiger partial charge in [-0.1, -0.05) is 17.7 Å². The Morgan fingerprint density at radius 1 is 1.04 bits per heavy atom. The van der Waals surface area contributed by atoms with Crippen LogP contribution in [-0.4, -0.2) is 29.0 Å². The van der Waals surface area contributed by atoms with E-state index in [1.54, 1.807) is 6.07 Å². The number of rotatable bonds is 3. The molecule has 5 heteroatoms. The molecule has 120 valence electrons. The highest BCUT2D eigenvalue weighted by Gasteiger charge is 2.16. The van der Waals surface area contributed by atoms with Gasteiger partial charge in [0.15, 0.2) is 0 Å². The van der Waals surface area contributed by atoms with Crippen molar-refractivity contribution in [3.05, 3.63) is 47.4 Å². The Labute approximate surface area is 136 Å². The van der Waals surface area contributed by atoms with Gasteiger partial charge in [-0.3, -0.25) is 4.79 Å². The zero-order valence-corrected chi connectivity index (χ0v) is 13.7. The normalized spacial score (nSPS) is 14.6. The van der Waals surface area contributed by atoms with Crippen LogP contribution in [0.15, 0.2) is 30.3 Å². The Bertz CT molecular complexity index is 691. The Morgan fingerprint density at radius 2 is 1.74 bits per heavy atom. The number of benzene rings is 1. The highest BCUT2D eigenvalue weighted by molar-refractivity contribution is 6.03. The first-order chi connectivity index (χ1) is 11.1. The molecule has 2 heterocycles. The van der Waals surface area contributed by atoms with E-state index in [0.717, 1.165) is 30.2 Å². The number of hydrogen-bond acceptors (Lipinski definition) is 4. The van der Waals surface area contributed by atoms with Crippen LogP contribution < -0.4 is 10.2 Å². The van der Waals surface area contributed by atoms with E-state index in [0.29, 0.717) is 11.5 Å². The number of hydrogen-bond donors (Lipinski definition) is 1. The van der Waals surface area contributed by atoms with Gasteiger partial charge in [0.25, 0.3) is 5.91 Å². The van der Waals surface area contributed by atoms with Gasteiger partial charge in [0.05, 0.1) is 0 Å². The van der Waals surface area contributed by atoms with Gasteiger partial charge in [0, 0.05) is 24.8 Å². The predicted octanol–water partition coefficient (Wildman–Crippen LogP) is 3.34. The Hall–Kier alpha value is -2.43. The third kappa shape index (κ3) is 3.86. The third-order valence-corrected chi connectivity index (χ3v) is 4.05. The topological polar surface area (TPSA) is 58.1 Å². The highest BCUT2D eigenvalue weighted by atomic mass is 16.1. The fourth-order valence-electron chi connectivity index (χ4n) is 2.79. The van der Waals surface area contributed by atoms with Crippen LogP contribution in [0.4, 0.5) is 11.5 Å². The summed E-state index contributed by atoms with van der Waals surface area (Å²) in [4.78, 5) is 23.5. The Morgan fingerprint density at radius 3 is 2.43 bits per heavy atom. The molecule has 1 aromatic heterocycles. The van der Waals surface area contributed by atoms with Crippen molar-refractivity contribution in [1.29, 1.82) is 0 Å². The van der Waals surface area contributed by atoms with E-state index in [9.17, 15) is 4.79 Å². The lowest BCUT2D eigenvalue weighted by Gasteiger charge is -2.28. The van der Waals surface area contributed by atoms with Crippen molar-refractivity contribution in [1.82, 2.24) is 9.97 Å². The fourth-order valence-corrected chi connectivity index (χ4v) is 2.79. The van der Waals surface area contributed by atoms with Gasteiger partial charge in [-0.15, -0.1) is 0 Å². The van der Waals surface area contributed by atoms with Gasteiger partial charge in [-0.25, -0.2) is 9.97 Å². The van der Waals surface area contributed by atoms with Crippen molar-refractivity contribution in [2.24, 2.45) is 0 Å². The predicted molar refractivity (Wildman–Crippen MR) is 92.0 cm³/mol. The smallest absolute Gasteiger partial charge is 0.274 e. The monoisotopic (exact) mass is 310 g/mol. The molecule has 3 rings (SSSR count). The molecule has 23 heavy (non-hydrogen) atoms. The molecule has 0 unspecified atom stereocenters. The molecule has 0 aliphatic carbocycles. The number of nitrogens with one attached hydrogen (secondary N) is 1. The molecular weight excluding hydrogens is 288 g/mol. The largest absolute Gasteiger partial charge is 0.356 e. The average molecular weight is 310 g/mol. The van der Waals surface area contributed by atoms with Crippen LogP contribution >= 0.6 is 0 Å². The van der Waals surface area contributed by atoms with Crippen LogP contribution in [0.2, 0.25) is 0 Å². The molecule has 0 spiro atoms. The molecular formula is C18H22N4O. The SMILES string of the molecule is Cc1ccc(NC(=O)c2cc(N3CCCCC3)nc(C)n2)cc1. The second-order valence-corrected chi connectivity index (χ2v) is 6.03. The third-order valence-electron chi connectivity index (χ3n) is 4.05. The van der Waals surface area contributed by atoms with Crippen molar-refractivity contribution in [2.45, 2.75) is 33.1 Å². The van der Waals surface area contributed by atoms with E-state index in [-0.39, 0.29) is 5.91 Å². The summed E-state index contributed by atoms with van der Waals surface area (Å²) in [5, 5.41) is 2.90. The van der Waals surface area contributed by atoms with Gasteiger partial charge in [-0.2, -0.15) is 0 Å². The lowest BCUT2D eigenvalue weighted by Crippen LogP contribution is -2.31. The number of aromatic nitrogens is 2. The second-order valence-electron chi connectivity index (χ2n) is 6.03. The van der Waals surface area contributed by atoms with E-state index in [4.69, 9.17) is 0 Å². The van der Waals surface area contributed by atoms with Crippen molar-refractivity contribution < 1.29 is 4.79 Å². The van der Waals surface area contributed by atoms with Crippen LogP contribution in [0.5, 0.6) is 0 Å². The number of nitrogens with zero attached hydrogens (tertiary/aromatic N) is 3. The molecule has 1 fully saturated rings. The van der Waals surface area contributed by atoms with Crippen molar-refractivity contribution >= 4 is 17.4 Å². The molecule has 1 aliphatic rings. The lowest BCUT2D eigenvalue weighted by molar-refractivity contribution is 0.102.